The Hall–Kier alpha value is -1.82. The first-order valence-electron chi connectivity index (χ1n) is 5.50. The molecule has 92 valence electrons. The molecular weight excluding hydrogens is 294 g/mol. The van der Waals surface area contributed by atoms with Crippen LogP contribution in [0.4, 0.5) is 5.95 Å². The largest absolute Gasteiger partial charge is 0.369 e. The lowest BCUT2D eigenvalue weighted by Gasteiger charge is -2.04. The molecule has 18 heavy (non-hydrogen) atoms. The Morgan fingerprint density at radius 1 is 1.33 bits per heavy atom. The second kappa shape index (κ2) is 3.84. The van der Waals surface area contributed by atoms with Crippen LogP contribution >= 0.6 is 15.9 Å². The van der Waals surface area contributed by atoms with E-state index < -0.39 is 0 Å². The van der Waals surface area contributed by atoms with Gasteiger partial charge in [-0.15, -0.1) is 0 Å². The van der Waals surface area contributed by atoms with Crippen LogP contribution in [0, 0.1) is 6.92 Å². The standard InChI is InChI=1S/C12H12BrN5/c1-7-11(6-17(2)16-7)18-10-4-3-8(13)5-9(10)15-12(18)14/h3-6H,1-2H3,(H2,14,15). The molecule has 3 aromatic rings. The van der Waals surface area contributed by atoms with Gasteiger partial charge in [-0.2, -0.15) is 5.10 Å². The molecule has 1 aromatic carbocycles. The lowest BCUT2D eigenvalue weighted by atomic mass is 10.3. The minimum absolute atomic E-state index is 0.471. The van der Waals surface area contributed by atoms with E-state index in [0.29, 0.717) is 5.95 Å². The highest BCUT2D eigenvalue weighted by molar-refractivity contribution is 9.10. The fraction of sp³-hybridized carbons (Fsp3) is 0.167. The Balaban J connectivity index is 2.35. The van der Waals surface area contributed by atoms with E-state index in [-0.39, 0.29) is 0 Å². The van der Waals surface area contributed by atoms with Crippen molar-refractivity contribution in [2.45, 2.75) is 6.92 Å². The topological polar surface area (TPSA) is 61.7 Å². The number of aryl methyl sites for hydroxylation is 2. The third kappa shape index (κ3) is 1.60. The molecule has 0 fully saturated rings. The maximum absolute atomic E-state index is 6.01. The smallest absolute Gasteiger partial charge is 0.206 e. The average Bonchev–Trinajstić information content (AvgIpc) is 2.77. The molecule has 2 N–H and O–H groups in total. The van der Waals surface area contributed by atoms with Gasteiger partial charge in [-0.25, -0.2) is 4.98 Å². The fourth-order valence-electron chi connectivity index (χ4n) is 2.13. The highest BCUT2D eigenvalue weighted by Gasteiger charge is 2.14. The van der Waals surface area contributed by atoms with Crippen LogP contribution in [-0.4, -0.2) is 19.3 Å². The summed E-state index contributed by atoms with van der Waals surface area (Å²) in [6.07, 6.45) is 1.94. The minimum Gasteiger partial charge on any atom is -0.369 e. The van der Waals surface area contributed by atoms with Gasteiger partial charge in [0, 0.05) is 17.7 Å². The number of benzene rings is 1. The average molecular weight is 306 g/mol. The van der Waals surface area contributed by atoms with E-state index in [9.17, 15) is 0 Å². The van der Waals surface area contributed by atoms with Crippen LogP contribution in [0.1, 0.15) is 5.69 Å². The van der Waals surface area contributed by atoms with Crippen LogP contribution in [0.5, 0.6) is 0 Å². The van der Waals surface area contributed by atoms with Crippen molar-refractivity contribution in [1.29, 1.82) is 0 Å². The second-order valence-electron chi connectivity index (χ2n) is 4.21. The molecule has 0 radical (unpaired) electrons. The maximum Gasteiger partial charge on any atom is 0.206 e. The fourth-order valence-corrected chi connectivity index (χ4v) is 2.48. The molecule has 0 aliphatic heterocycles. The summed E-state index contributed by atoms with van der Waals surface area (Å²) in [6.45, 7) is 1.96. The van der Waals surface area contributed by atoms with Gasteiger partial charge >= 0.3 is 0 Å². The summed E-state index contributed by atoms with van der Waals surface area (Å²) in [6, 6.07) is 5.93. The van der Waals surface area contributed by atoms with Gasteiger partial charge in [0.1, 0.15) is 0 Å². The van der Waals surface area contributed by atoms with Gasteiger partial charge in [0.05, 0.1) is 22.4 Å². The van der Waals surface area contributed by atoms with Gasteiger partial charge in [-0.3, -0.25) is 9.25 Å². The molecule has 2 aromatic heterocycles. The van der Waals surface area contributed by atoms with Crippen LogP contribution in [0.3, 0.4) is 0 Å². The van der Waals surface area contributed by atoms with E-state index in [2.05, 4.69) is 26.0 Å². The quantitative estimate of drug-likeness (QED) is 0.751. The predicted octanol–water partition coefficient (Wildman–Crippen LogP) is 2.41. The summed E-state index contributed by atoms with van der Waals surface area (Å²) in [7, 11) is 1.89. The van der Waals surface area contributed by atoms with Crippen LogP contribution < -0.4 is 5.73 Å². The molecule has 0 spiro atoms. The Morgan fingerprint density at radius 2 is 2.11 bits per heavy atom. The number of nitrogens with zero attached hydrogens (tertiary/aromatic N) is 4. The number of anilines is 1. The van der Waals surface area contributed by atoms with Gasteiger partial charge < -0.3 is 5.73 Å². The van der Waals surface area contributed by atoms with E-state index in [4.69, 9.17) is 5.73 Å². The van der Waals surface area contributed by atoms with Crippen LogP contribution in [-0.2, 0) is 7.05 Å². The third-order valence-electron chi connectivity index (χ3n) is 2.87. The molecule has 0 bridgehead atoms. The molecule has 0 saturated carbocycles. The number of imidazole rings is 1. The molecule has 6 heteroatoms. The monoisotopic (exact) mass is 305 g/mol. The van der Waals surface area contributed by atoms with E-state index >= 15 is 0 Å². The van der Waals surface area contributed by atoms with Crippen LogP contribution in [0.2, 0.25) is 0 Å². The molecule has 0 aliphatic rings. The normalized spacial score (nSPS) is 11.3. The third-order valence-corrected chi connectivity index (χ3v) is 3.36. The van der Waals surface area contributed by atoms with Crippen LogP contribution in [0.15, 0.2) is 28.9 Å². The summed E-state index contributed by atoms with van der Waals surface area (Å²) in [5.74, 6) is 0.471. The summed E-state index contributed by atoms with van der Waals surface area (Å²) < 4.78 is 4.68. The molecular formula is C12H12BrN5. The van der Waals surface area contributed by atoms with Gasteiger partial charge in [-0.1, -0.05) is 15.9 Å². The SMILES string of the molecule is Cc1nn(C)cc1-n1c(N)nc2cc(Br)ccc21. The molecule has 2 heterocycles. The van der Waals surface area contributed by atoms with E-state index in [0.717, 1.165) is 26.9 Å². The number of hydrogen-bond donors (Lipinski definition) is 1. The molecule has 3 rings (SSSR count). The van der Waals surface area contributed by atoms with E-state index in [1.807, 2.05) is 42.9 Å². The van der Waals surface area contributed by atoms with Crippen molar-refractivity contribution >= 4 is 32.9 Å². The zero-order valence-electron chi connectivity index (χ0n) is 10.1. The molecule has 0 aliphatic carbocycles. The van der Waals surface area contributed by atoms with Crippen molar-refractivity contribution in [2.24, 2.45) is 7.05 Å². The Morgan fingerprint density at radius 3 is 2.78 bits per heavy atom. The highest BCUT2D eigenvalue weighted by Crippen LogP contribution is 2.26. The van der Waals surface area contributed by atoms with Crippen molar-refractivity contribution in [3.8, 4) is 5.69 Å². The Kier molecular flexibility index (Phi) is 2.41. The predicted molar refractivity (Wildman–Crippen MR) is 74.7 cm³/mol. The molecule has 5 nitrogen and oxygen atoms in total. The molecule has 0 atom stereocenters. The molecule has 0 unspecified atom stereocenters. The van der Waals surface area contributed by atoms with Gasteiger partial charge in [0.2, 0.25) is 5.95 Å². The Bertz CT molecular complexity index is 740. The summed E-state index contributed by atoms with van der Waals surface area (Å²) in [4.78, 5) is 4.37. The zero-order chi connectivity index (χ0) is 12.9. The van der Waals surface area contributed by atoms with Gasteiger partial charge in [0.15, 0.2) is 0 Å². The zero-order valence-corrected chi connectivity index (χ0v) is 11.6. The van der Waals surface area contributed by atoms with Crippen molar-refractivity contribution < 1.29 is 0 Å². The van der Waals surface area contributed by atoms with Gasteiger partial charge in [0.25, 0.3) is 0 Å². The maximum atomic E-state index is 6.01. The number of nitrogen functional groups attached to an aromatic ring is 1. The first-order valence-corrected chi connectivity index (χ1v) is 6.29. The number of halogens is 1. The minimum atomic E-state index is 0.471. The molecule has 0 saturated heterocycles. The lowest BCUT2D eigenvalue weighted by Crippen LogP contribution is -2.00. The van der Waals surface area contributed by atoms with Crippen molar-refractivity contribution in [2.75, 3.05) is 5.73 Å². The van der Waals surface area contributed by atoms with E-state index in [1.165, 1.54) is 0 Å². The number of nitrogens with two attached hydrogens (primary N) is 1. The van der Waals surface area contributed by atoms with Crippen molar-refractivity contribution in [3.63, 3.8) is 0 Å². The first kappa shape index (κ1) is 11.3. The first-order chi connectivity index (χ1) is 8.56. The summed E-state index contributed by atoms with van der Waals surface area (Å²) >= 11 is 3.43. The van der Waals surface area contributed by atoms with Crippen LogP contribution in [0.25, 0.3) is 16.7 Å². The number of fused-ring (bicyclic) bond motifs is 1. The summed E-state index contributed by atoms with van der Waals surface area (Å²) in [5.41, 5.74) is 9.74. The lowest BCUT2D eigenvalue weighted by molar-refractivity contribution is 0.756. The van der Waals surface area contributed by atoms with Gasteiger partial charge in [-0.05, 0) is 25.1 Å². The molecule has 0 amide bonds. The van der Waals surface area contributed by atoms with Crippen molar-refractivity contribution in [3.05, 3.63) is 34.6 Å². The number of rotatable bonds is 1. The summed E-state index contributed by atoms with van der Waals surface area (Å²) in [5, 5.41) is 4.34. The highest BCUT2D eigenvalue weighted by atomic mass is 79.9. The number of aromatic nitrogens is 4. The van der Waals surface area contributed by atoms with Crippen molar-refractivity contribution in [1.82, 2.24) is 19.3 Å². The Labute approximate surface area is 112 Å². The number of hydrogen-bond acceptors (Lipinski definition) is 3. The second-order valence-corrected chi connectivity index (χ2v) is 5.13. The van der Waals surface area contributed by atoms with E-state index in [1.54, 1.807) is 4.68 Å².